The molecule has 1 aromatic rings. The third-order valence-corrected chi connectivity index (χ3v) is 5.11. The van der Waals surface area contributed by atoms with Crippen molar-refractivity contribution in [2.75, 3.05) is 18.6 Å². The number of nitrogens with zero attached hydrogens (tertiary/aromatic N) is 1. The van der Waals surface area contributed by atoms with E-state index in [2.05, 4.69) is 30.0 Å². The number of benzene rings is 1. The topological polar surface area (TPSA) is 82.7 Å². The number of amides is 2. The molecular formula is C18H26N4O3. The molecule has 0 bridgehead atoms. The summed E-state index contributed by atoms with van der Waals surface area (Å²) in [5.41, 5.74) is 7.07. The zero-order chi connectivity index (χ0) is 18.0. The molecule has 7 heteroatoms. The van der Waals surface area contributed by atoms with Gasteiger partial charge in [-0.25, -0.2) is 0 Å². The van der Waals surface area contributed by atoms with Crippen LogP contribution in [0.5, 0.6) is 5.75 Å². The van der Waals surface area contributed by atoms with Crippen LogP contribution < -0.4 is 25.8 Å². The lowest BCUT2D eigenvalue weighted by molar-refractivity contribution is -0.122. The number of rotatable bonds is 5. The van der Waals surface area contributed by atoms with E-state index in [0.717, 1.165) is 5.69 Å². The molecule has 3 N–H and O–H groups in total. The average molecular weight is 346 g/mol. The average Bonchev–Trinajstić information content (AvgIpc) is 3.11. The fraction of sp³-hybridized carbons (Fsp3) is 0.556. The van der Waals surface area contributed by atoms with E-state index in [1.807, 2.05) is 24.3 Å². The Morgan fingerprint density at radius 2 is 1.96 bits per heavy atom. The monoisotopic (exact) mass is 346 g/mol. The number of anilines is 1. The summed E-state index contributed by atoms with van der Waals surface area (Å²) in [6, 6.07) is 7.76. The van der Waals surface area contributed by atoms with Crippen molar-refractivity contribution >= 4 is 17.5 Å². The minimum atomic E-state index is -0.169. The van der Waals surface area contributed by atoms with Crippen molar-refractivity contribution < 1.29 is 14.3 Å². The molecule has 0 saturated carbocycles. The lowest BCUT2D eigenvalue weighted by Crippen LogP contribution is -2.39. The van der Waals surface area contributed by atoms with Crippen LogP contribution in [0.1, 0.15) is 26.7 Å². The molecule has 2 fully saturated rings. The summed E-state index contributed by atoms with van der Waals surface area (Å²) in [5, 5.41) is 3.02. The SMILES string of the molecule is COc1ccccc1N1CC(NC(=O)CC2C(C)NNC2C)CC1=O. The van der Waals surface area contributed by atoms with Crippen molar-refractivity contribution in [2.24, 2.45) is 5.92 Å². The van der Waals surface area contributed by atoms with Crippen molar-refractivity contribution in [1.82, 2.24) is 16.2 Å². The summed E-state index contributed by atoms with van der Waals surface area (Å²) in [4.78, 5) is 26.5. The Kier molecular flexibility index (Phi) is 5.24. The molecule has 2 amide bonds. The van der Waals surface area contributed by atoms with Crippen LogP contribution in [0.25, 0.3) is 0 Å². The van der Waals surface area contributed by atoms with E-state index >= 15 is 0 Å². The lowest BCUT2D eigenvalue weighted by Gasteiger charge is -2.21. The highest BCUT2D eigenvalue weighted by Crippen LogP contribution is 2.31. The van der Waals surface area contributed by atoms with Crippen LogP contribution >= 0.6 is 0 Å². The Balaban J connectivity index is 1.60. The van der Waals surface area contributed by atoms with E-state index in [1.165, 1.54) is 0 Å². The molecule has 2 saturated heterocycles. The maximum Gasteiger partial charge on any atom is 0.229 e. The van der Waals surface area contributed by atoms with Crippen molar-refractivity contribution in [3.63, 3.8) is 0 Å². The van der Waals surface area contributed by atoms with Gasteiger partial charge in [-0.15, -0.1) is 0 Å². The summed E-state index contributed by atoms with van der Waals surface area (Å²) in [5.74, 6) is 0.894. The van der Waals surface area contributed by atoms with Gasteiger partial charge < -0.3 is 15.0 Å². The largest absolute Gasteiger partial charge is 0.495 e. The van der Waals surface area contributed by atoms with E-state index in [9.17, 15) is 9.59 Å². The highest BCUT2D eigenvalue weighted by Gasteiger charge is 2.35. The first-order valence-corrected chi connectivity index (χ1v) is 8.73. The second-order valence-electron chi connectivity index (χ2n) is 6.88. The number of hydrazine groups is 1. The summed E-state index contributed by atoms with van der Waals surface area (Å²) in [6.07, 6.45) is 0.762. The Hall–Kier alpha value is -2.12. The van der Waals surface area contributed by atoms with E-state index in [-0.39, 0.29) is 35.9 Å². The predicted octanol–water partition coefficient (Wildman–Crippen LogP) is 0.808. The van der Waals surface area contributed by atoms with Gasteiger partial charge in [0.05, 0.1) is 18.8 Å². The number of nitrogens with one attached hydrogen (secondary N) is 3. The van der Waals surface area contributed by atoms with Crippen molar-refractivity contribution in [1.29, 1.82) is 0 Å². The molecule has 0 aromatic heterocycles. The molecule has 7 nitrogen and oxygen atoms in total. The summed E-state index contributed by atoms with van der Waals surface area (Å²) in [6.45, 7) is 4.60. The standard InChI is InChI=1S/C18H26N4O3/c1-11-14(12(2)21-20-11)9-17(23)19-13-8-18(24)22(10-13)15-6-4-5-7-16(15)25-3/h4-7,11-14,20-21H,8-10H2,1-3H3,(H,19,23). The Bertz CT molecular complexity index is 641. The summed E-state index contributed by atoms with van der Waals surface area (Å²) < 4.78 is 5.34. The Labute approximate surface area is 148 Å². The quantitative estimate of drug-likeness (QED) is 0.735. The van der Waals surface area contributed by atoms with E-state index in [1.54, 1.807) is 12.0 Å². The van der Waals surface area contributed by atoms with Gasteiger partial charge in [0, 0.05) is 37.4 Å². The van der Waals surface area contributed by atoms with Crippen LogP contribution in [-0.2, 0) is 9.59 Å². The molecule has 1 aromatic carbocycles. The molecular weight excluding hydrogens is 320 g/mol. The molecule has 2 aliphatic heterocycles. The van der Waals surface area contributed by atoms with Gasteiger partial charge in [0.1, 0.15) is 5.75 Å². The molecule has 3 rings (SSSR count). The Morgan fingerprint density at radius 3 is 2.64 bits per heavy atom. The van der Waals surface area contributed by atoms with Gasteiger partial charge in [0.25, 0.3) is 0 Å². The maximum atomic E-state index is 12.4. The zero-order valence-corrected chi connectivity index (χ0v) is 14.9. The normalized spacial score (nSPS) is 29.1. The highest BCUT2D eigenvalue weighted by molar-refractivity contribution is 5.98. The molecule has 25 heavy (non-hydrogen) atoms. The van der Waals surface area contributed by atoms with Gasteiger partial charge in [0.2, 0.25) is 11.8 Å². The van der Waals surface area contributed by atoms with Crippen LogP contribution in [0.3, 0.4) is 0 Å². The molecule has 0 radical (unpaired) electrons. The molecule has 2 aliphatic rings. The van der Waals surface area contributed by atoms with Crippen LogP contribution in [0.4, 0.5) is 5.69 Å². The van der Waals surface area contributed by atoms with Crippen LogP contribution in [0.15, 0.2) is 24.3 Å². The fourth-order valence-corrected chi connectivity index (χ4v) is 3.65. The van der Waals surface area contributed by atoms with Gasteiger partial charge in [-0.1, -0.05) is 12.1 Å². The number of carbonyl (C=O) groups is 2. The van der Waals surface area contributed by atoms with Crippen LogP contribution in [-0.4, -0.2) is 43.6 Å². The van der Waals surface area contributed by atoms with Crippen LogP contribution in [0.2, 0.25) is 0 Å². The molecule has 0 aliphatic carbocycles. The predicted molar refractivity (Wildman–Crippen MR) is 95.2 cm³/mol. The number of hydrogen-bond donors (Lipinski definition) is 3. The first-order valence-electron chi connectivity index (χ1n) is 8.73. The second-order valence-corrected chi connectivity index (χ2v) is 6.88. The van der Waals surface area contributed by atoms with Crippen LogP contribution in [0, 0.1) is 5.92 Å². The maximum absolute atomic E-state index is 12.4. The van der Waals surface area contributed by atoms with E-state index in [0.29, 0.717) is 25.1 Å². The number of carbonyl (C=O) groups excluding carboxylic acids is 2. The molecule has 2 heterocycles. The summed E-state index contributed by atoms with van der Waals surface area (Å²) in [7, 11) is 1.59. The number of ether oxygens (including phenoxy) is 1. The summed E-state index contributed by atoms with van der Waals surface area (Å²) >= 11 is 0. The molecule has 3 atom stereocenters. The van der Waals surface area contributed by atoms with Gasteiger partial charge in [0.15, 0.2) is 0 Å². The minimum Gasteiger partial charge on any atom is -0.495 e. The Morgan fingerprint density at radius 1 is 1.28 bits per heavy atom. The number of hydrogen-bond acceptors (Lipinski definition) is 5. The molecule has 0 spiro atoms. The van der Waals surface area contributed by atoms with E-state index in [4.69, 9.17) is 4.74 Å². The lowest BCUT2D eigenvalue weighted by atomic mass is 9.92. The number of methoxy groups -OCH3 is 1. The third-order valence-electron chi connectivity index (χ3n) is 5.11. The number of para-hydroxylation sites is 2. The fourth-order valence-electron chi connectivity index (χ4n) is 3.65. The van der Waals surface area contributed by atoms with Crippen molar-refractivity contribution in [2.45, 2.75) is 44.8 Å². The molecule has 3 unspecified atom stereocenters. The van der Waals surface area contributed by atoms with E-state index < -0.39 is 0 Å². The first kappa shape index (κ1) is 17.7. The van der Waals surface area contributed by atoms with Gasteiger partial charge >= 0.3 is 0 Å². The zero-order valence-electron chi connectivity index (χ0n) is 14.9. The molecule has 136 valence electrons. The van der Waals surface area contributed by atoms with Gasteiger partial charge in [-0.3, -0.25) is 20.4 Å². The van der Waals surface area contributed by atoms with Crippen molar-refractivity contribution in [3.8, 4) is 5.75 Å². The van der Waals surface area contributed by atoms with Gasteiger partial charge in [-0.05, 0) is 26.0 Å². The van der Waals surface area contributed by atoms with Crippen molar-refractivity contribution in [3.05, 3.63) is 24.3 Å². The second kappa shape index (κ2) is 7.41. The smallest absolute Gasteiger partial charge is 0.229 e. The first-order chi connectivity index (χ1) is 12.0. The third kappa shape index (κ3) is 3.77. The minimum absolute atomic E-state index is 0.000681. The highest BCUT2D eigenvalue weighted by atomic mass is 16.5. The van der Waals surface area contributed by atoms with Gasteiger partial charge in [-0.2, -0.15) is 0 Å².